The van der Waals surface area contributed by atoms with Crippen LogP contribution in [0.2, 0.25) is 0 Å². The molecule has 0 saturated carbocycles. The lowest BCUT2D eigenvalue weighted by atomic mass is 9.98. The number of carbonyl (C=O) groups excluding carboxylic acids is 1. The van der Waals surface area contributed by atoms with E-state index in [0.29, 0.717) is 5.57 Å². The third-order valence-corrected chi connectivity index (χ3v) is 4.92. The van der Waals surface area contributed by atoms with Crippen molar-refractivity contribution in [3.8, 4) is 11.1 Å². The molecular weight excluding hydrogens is 342 g/mol. The molecule has 0 aliphatic heterocycles. The van der Waals surface area contributed by atoms with Crippen molar-refractivity contribution in [2.24, 2.45) is 0 Å². The smallest absolute Gasteiger partial charge is 0.410 e. The van der Waals surface area contributed by atoms with Crippen LogP contribution in [0.5, 0.6) is 0 Å². The lowest BCUT2D eigenvalue weighted by molar-refractivity contribution is -0.142. The first-order valence-corrected chi connectivity index (χ1v) is 8.85. The Kier molecular flexibility index (Phi) is 5.31. The molecule has 0 unspecified atom stereocenters. The number of hydrogen-bond acceptors (Lipinski definition) is 3. The van der Waals surface area contributed by atoms with Crippen molar-refractivity contribution < 1.29 is 19.4 Å². The number of fused-ring (bicyclic) bond motifs is 3. The van der Waals surface area contributed by atoms with Crippen molar-refractivity contribution in [1.29, 1.82) is 0 Å². The van der Waals surface area contributed by atoms with E-state index in [9.17, 15) is 14.7 Å². The molecule has 0 fully saturated rings. The summed E-state index contributed by atoms with van der Waals surface area (Å²) in [6.07, 6.45) is -0.457. The predicted octanol–water partition coefficient (Wildman–Crippen LogP) is 4.29. The van der Waals surface area contributed by atoms with E-state index in [4.69, 9.17) is 4.74 Å². The number of carbonyl (C=O) groups is 2. The van der Waals surface area contributed by atoms with Crippen molar-refractivity contribution >= 4 is 12.1 Å². The van der Waals surface area contributed by atoms with Crippen LogP contribution in [0.15, 0.2) is 60.7 Å². The Morgan fingerprint density at radius 1 is 1.11 bits per heavy atom. The van der Waals surface area contributed by atoms with Gasteiger partial charge in [-0.05, 0) is 35.6 Å². The number of benzene rings is 2. The fourth-order valence-electron chi connectivity index (χ4n) is 3.54. The maximum absolute atomic E-state index is 12.5. The van der Waals surface area contributed by atoms with E-state index >= 15 is 0 Å². The number of carboxylic acid groups (broad SMARTS) is 1. The van der Waals surface area contributed by atoms with Crippen molar-refractivity contribution in [2.45, 2.75) is 25.3 Å². The van der Waals surface area contributed by atoms with E-state index < -0.39 is 18.1 Å². The molecule has 1 aliphatic carbocycles. The summed E-state index contributed by atoms with van der Waals surface area (Å²) in [5, 5.41) is 9.39. The number of carboxylic acids is 1. The molecule has 1 aliphatic rings. The zero-order valence-corrected chi connectivity index (χ0v) is 15.5. The first kappa shape index (κ1) is 18.7. The number of ether oxygens (including phenoxy) is 1. The van der Waals surface area contributed by atoms with Crippen LogP contribution >= 0.6 is 0 Å². The van der Waals surface area contributed by atoms with E-state index in [1.807, 2.05) is 36.4 Å². The summed E-state index contributed by atoms with van der Waals surface area (Å²) in [6, 6.07) is 15.2. The van der Waals surface area contributed by atoms with Crippen LogP contribution in [0.1, 0.15) is 30.4 Å². The van der Waals surface area contributed by atoms with E-state index in [1.165, 1.54) is 7.05 Å². The minimum atomic E-state index is -1.07. The second-order valence-corrected chi connectivity index (χ2v) is 6.93. The summed E-state index contributed by atoms with van der Waals surface area (Å²) in [5.41, 5.74) is 5.22. The van der Waals surface area contributed by atoms with Gasteiger partial charge in [0, 0.05) is 13.0 Å². The van der Waals surface area contributed by atoms with E-state index in [0.717, 1.165) is 27.2 Å². The zero-order chi connectivity index (χ0) is 19.6. The van der Waals surface area contributed by atoms with Crippen molar-refractivity contribution in [3.63, 3.8) is 0 Å². The Labute approximate surface area is 158 Å². The number of hydrogen-bond donors (Lipinski definition) is 1. The lowest BCUT2D eigenvalue weighted by Crippen LogP contribution is -2.43. The van der Waals surface area contributed by atoms with Gasteiger partial charge in [-0.3, -0.25) is 4.90 Å². The van der Waals surface area contributed by atoms with Crippen LogP contribution in [0.4, 0.5) is 4.79 Å². The molecule has 27 heavy (non-hydrogen) atoms. The molecule has 1 N–H and O–H groups in total. The van der Waals surface area contributed by atoms with Gasteiger partial charge in [0.05, 0.1) is 0 Å². The summed E-state index contributed by atoms with van der Waals surface area (Å²) in [7, 11) is 1.45. The van der Waals surface area contributed by atoms with E-state index in [-0.39, 0.29) is 18.9 Å². The third kappa shape index (κ3) is 3.72. The monoisotopic (exact) mass is 365 g/mol. The molecule has 2 aromatic carbocycles. The van der Waals surface area contributed by atoms with Crippen LogP contribution in [0.3, 0.4) is 0 Å². The molecule has 1 atom stereocenters. The third-order valence-electron chi connectivity index (χ3n) is 4.92. The molecule has 0 bridgehead atoms. The molecular formula is C22H23NO4. The van der Waals surface area contributed by atoms with Gasteiger partial charge in [-0.1, -0.05) is 54.1 Å². The summed E-state index contributed by atoms with van der Waals surface area (Å²) >= 11 is 0. The molecule has 3 rings (SSSR count). The molecule has 0 saturated heterocycles. The number of amides is 1. The highest BCUT2D eigenvalue weighted by molar-refractivity contribution is 5.81. The molecule has 0 heterocycles. The number of nitrogens with zero attached hydrogens (tertiary/aromatic N) is 1. The summed E-state index contributed by atoms with van der Waals surface area (Å²) in [4.78, 5) is 25.1. The van der Waals surface area contributed by atoms with Gasteiger partial charge in [0.25, 0.3) is 0 Å². The highest BCUT2D eigenvalue weighted by atomic mass is 16.6. The molecule has 0 radical (unpaired) electrons. The second kappa shape index (κ2) is 7.66. The largest absolute Gasteiger partial charge is 0.480 e. The summed E-state index contributed by atoms with van der Waals surface area (Å²) < 4.78 is 5.51. The molecule has 5 nitrogen and oxygen atoms in total. The minimum absolute atomic E-state index is 0.0563. The summed E-state index contributed by atoms with van der Waals surface area (Å²) in [6.45, 7) is 5.64. The second-order valence-electron chi connectivity index (χ2n) is 6.93. The Bertz CT molecular complexity index is 844. The predicted molar refractivity (Wildman–Crippen MR) is 104 cm³/mol. The maximum atomic E-state index is 12.5. The normalized spacial score (nSPS) is 13.4. The van der Waals surface area contributed by atoms with Crippen LogP contribution in [0, 0.1) is 0 Å². The summed E-state index contributed by atoms with van der Waals surface area (Å²) in [5.74, 6) is -1.13. The van der Waals surface area contributed by atoms with Crippen LogP contribution in [-0.2, 0) is 9.53 Å². The molecule has 140 valence electrons. The Balaban J connectivity index is 1.75. The Hall–Kier alpha value is -3.08. The lowest BCUT2D eigenvalue weighted by Gasteiger charge is -2.25. The number of rotatable bonds is 6. The fourth-order valence-corrected chi connectivity index (χ4v) is 3.54. The Morgan fingerprint density at radius 3 is 2.11 bits per heavy atom. The van der Waals surface area contributed by atoms with Crippen molar-refractivity contribution in [3.05, 3.63) is 71.8 Å². The highest BCUT2D eigenvalue weighted by Gasteiger charge is 2.31. The van der Waals surface area contributed by atoms with Gasteiger partial charge in [0.1, 0.15) is 12.6 Å². The number of aliphatic carboxylic acids is 1. The molecule has 2 aromatic rings. The average molecular weight is 365 g/mol. The zero-order valence-electron chi connectivity index (χ0n) is 15.5. The van der Waals surface area contributed by atoms with Gasteiger partial charge >= 0.3 is 12.1 Å². The van der Waals surface area contributed by atoms with Gasteiger partial charge in [0.2, 0.25) is 0 Å². The first-order chi connectivity index (χ1) is 12.9. The van der Waals surface area contributed by atoms with Crippen LogP contribution < -0.4 is 0 Å². The van der Waals surface area contributed by atoms with Gasteiger partial charge in [0.15, 0.2) is 0 Å². The van der Waals surface area contributed by atoms with Gasteiger partial charge < -0.3 is 9.84 Å². The SMILES string of the molecule is C=C(C)C[C@@H](C(=O)O)N(C)C(=O)OCC1c2ccccc2-c2ccccc21. The average Bonchev–Trinajstić information content (AvgIpc) is 2.97. The van der Waals surface area contributed by atoms with Gasteiger partial charge in [-0.25, -0.2) is 9.59 Å². The molecule has 5 heteroatoms. The molecule has 1 amide bonds. The molecule has 0 aromatic heterocycles. The highest BCUT2D eigenvalue weighted by Crippen LogP contribution is 2.44. The van der Waals surface area contributed by atoms with Gasteiger partial charge in [-0.15, -0.1) is 6.58 Å². The molecule has 0 spiro atoms. The maximum Gasteiger partial charge on any atom is 0.410 e. The van der Waals surface area contributed by atoms with E-state index in [1.54, 1.807) is 6.92 Å². The van der Waals surface area contributed by atoms with E-state index in [2.05, 4.69) is 18.7 Å². The first-order valence-electron chi connectivity index (χ1n) is 8.85. The standard InChI is InChI=1S/C22H23NO4/c1-14(2)12-20(21(24)25)23(3)22(26)27-13-19-17-10-6-4-8-15(17)16-9-5-7-11-18(16)19/h4-11,19-20H,1,12-13H2,2-3H3,(H,24,25)/t20-/m0/s1. The van der Waals surface area contributed by atoms with Crippen LogP contribution in [0.25, 0.3) is 11.1 Å². The minimum Gasteiger partial charge on any atom is -0.480 e. The van der Waals surface area contributed by atoms with Gasteiger partial charge in [-0.2, -0.15) is 0 Å². The Morgan fingerprint density at radius 2 is 1.63 bits per heavy atom. The number of likely N-dealkylation sites (N-methyl/N-ethyl adjacent to an activating group) is 1. The van der Waals surface area contributed by atoms with Crippen molar-refractivity contribution in [2.75, 3.05) is 13.7 Å². The quantitative estimate of drug-likeness (QED) is 0.776. The topological polar surface area (TPSA) is 66.8 Å². The van der Waals surface area contributed by atoms with Crippen molar-refractivity contribution in [1.82, 2.24) is 4.90 Å². The fraction of sp³-hybridized carbons (Fsp3) is 0.273. The van der Waals surface area contributed by atoms with Crippen LogP contribution in [-0.4, -0.2) is 41.8 Å².